The lowest BCUT2D eigenvalue weighted by atomic mass is 9.95. The fraction of sp³-hybridized carbons (Fsp3) is 0.250. The van der Waals surface area contributed by atoms with Gasteiger partial charge in [-0.05, 0) is 48.9 Å². The molecule has 7 heteroatoms. The summed E-state index contributed by atoms with van der Waals surface area (Å²) in [4.78, 5) is 27.6. The van der Waals surface area contributed by atoms with E-state index in [1.165, 1.54) is 28.3 Å². The third kappa shape index (κ3) is 3.14. The van der Waals surface area contributed by atoms with Crippen molar-refractivity contribution in [2.24, 2.45) is 10.7 Å². The molecule has 1 aliphatic rings. The highest BCUT2D eigenvalue weighted by Crippen LogP contribution is 2.39. The lowest BCUT2D eigenvalue weighted by molar-refractivity contribution is -0.384. The molecule has 2 aromatic rings. The number of fused-ring (bicyclic) bond motifs is 1. The molecule has 0 aliphatic heterocycles. The van der Waals surface area contributed by atoms with E-state index in [-0.39, 0.29) is 5.69 Å². The molecular weight excluding hydrogens is 314 g/mol. The van der Waals surface area contributed by atoms with Crippen LogP contribution in [0.5, 0.6) is 0 Å². The Labute approximate surface area is 136 Å². The van der Waals surface area contributed by atoms with Crippen molar-refractivity contribution in [2.45, 2.75) is 25.7 Å². The zero-order valence-electron chi connectivity index (χ0n) is 12.3. The number of amides is 1. The van der Waals surface area contributed by atoms with Crippen LogP contribution in [0.1, 0.15) is 39.2 Å². The summed E-state index contributed by atoms with van der Waals surface area (Å²) in [6, 6.07) is 6.10. The number of hydrogen-bond donors (Lipinski definition) is 1. The molecule has 0 bridgehead atoms. The Balaban J connectivity index is 1.91. The highest BCUT2D eigenvalue weighted by Gasteiger charge is 2.23. The van der Waals surface area contributed by atoms with Crippen molar-refractivity contribution in [2.75, 3.05) is 0 Å². The second kappa shape index (κ2) is 6.29. The van der Waals surface area contributed by atoms with Crippen LogP contribution >= 0.6 is 11.3 Å². The van der Waals surface area contributed by atoms with Crippen LogP contribution in [-0.2, 0) is 12.8 Å². The molecule has 118 valence electrons. The van der Waals surface area contributed by atoms with Crippen molar-refractivity contribution in [1.29, 1.82) is 0 Å². The molecule has 0 spiro atoms. The number of rotatable bonds is 4. The largest absolute Gasteiger partial charge is 0.365 e. The minimum Gasteiger partial charge on any atom is -0.365 e. The molecule has 3 rings (SSSR count). The highest BCUT2D eigenvalue weighted by atomic mass is 32.1. The van der Waals surface area contributed by atoms with Gasteiger partial charge in [0.25, 0.3) is 11.6 Å². The summed E-state index contributed by atoms with van der Waals surface area (Å²) < 4.78 is 0. The Morgan fingerprint density at radius 2 is 1.96 bits per heavy atom. The second-order valence-corrected chi connectivity index (χ2v) is 6.45. The van der Waals surface area contributed by atoms with Gasteiger partial charge in [0.2, 0.25) is 0 Å². The average Bonchev–Trinajstić information content (AvgIpc) is 2.91. The first-order chi connectivity index (χ1) is 11.1. The Hall–Kier alpha value is -2.54. The van der Waals surface area contributed by atoms with Crippen molar-refractivity contribution >= 4 is 34.1 Å². The van der Waals surface area contributed by atoms with E-state index in [2.05, 4.69) is 4.99 Å². The molecule has 1 aromatic carbocycles. The van der Waals surface area contributed by atoms with Crippen LogP contribution in [0, 0.1) is 10.1 Å². The van der Waals surface area contributed by atoms with E-state index in [4.69, 9.17) is 5.73 Å². The molecule has 0 unspecified atom stereocenters. The van der Waals surface area contributed by atoms with E-state index in [0.29, 0.717) is 10.6 Å². The third-order valence-corrected chi connectivity index (χ3v) is 5.03. The predicted molar refractivity (Wildman–Crippen MR) is 89.8 cm³/mol. The zero-order valence-corrected chi connectivity index (χ0v) is 13.1. The molecule has 1 heterocycles. The fourth-order valence-corrected chi connectivity index (χ4v) is 3.95. The number of aliphatic imine (C=N–C) groups is 1. The van der Waals surface area contributed by atoms with Crippen LogP contribution in [0.2, 0.25) is 0 Å². The summed E-state index contributed by atoms with van der Waals surface area (Å²) in [7, 11) is 0. The van der Waals surface area contributed by atoms with Crippen molar-refractivity contribution in [3.05, 3.63) is 55.9 Å². The van der Waals surface area contributed by atoms with Gasteiger partial charge in [-0.15, -0.1) is 11.3 Å². The summed E-state index contributed by atoms with van der Waals surface area (Å²) >= 11 is 1.51. The third-order valence-electron chi connectivity index (χ3n) is 3.83. The van der Waals surface area contributed by atoms with E-state index in [0.717, 1.165) is 36.8 Å². The number of benzene rings is 1. The monoisotopic (exact) mass is 329 g/mol. The summed E-state index contributed by atoms with van der Waals surface area (Å²) in [6.07, 6.45) is 5.63. The first-order valence-corrected chi connectivity index (χ1v) is 8.11. The molecule has 6 nitrogen and oxygen atoms in total. The van der Waals surface area contributed by atoms with Gasteiger partial charge in [0, 0.05) is 23.2 Å². The molecule has 2 N–H and O–H groups in total. The van der Waals surface area contributed by atoms with E-state index >= 15 is 0 Å². The topological polar surface area (TPSA) is 98.6 Å². The molecule has 1 aliphatic carbocycles. The second-order valence-electron chi connectivity index (χ2n) is 5.36. The molecule has 1 amide bonds. The fourth-order valence-electron chi connectivity index (χ4n) is 2.71. The molecule has 23 heavy (non-hydrogen) atoms. The smallest absolute Gasteiger partial charge is 0.269 e. The average molecular weight is 329 g/mol. The highest BCUT2D eigenvalue weighted by molar-refractivity contribution is 7.16. The number of nitro groups is 1. The molecule has 0 saturated heterocycles. The van der Waals surface area contributed by atoms with Gasteiger partial charge >= 0.3 is 0 Å². The van der Waals surface area contributed by atoms with Crippen molar-refractivity contribution in [3.8, 4) is 0 Å². The SMILES string of the molecule is NC(=O)c1c(N=Cc2ccc([N+](=O)[O-])cc2)sc2c1CCCC2. The standard InChI is InChI=1S/C16H15N3O3S/c17-15(20)14-12-3-1-2-4-13(12)23-16(14)18-9-10-5-7-11(8-6-10)19(21)22/h5-9H,1-4H2,(H2,17,20). The molecule has 1 aromatic heterocycles. The van der Waals surface area contributed by atoms with Crippen LogP contribution < -0.4 is 5.73 Å². The summed E-state index contributed by atoms with van der Waals surface area (Å²) in [5.74, 6) is -0.444. The number of nitrogens with two attached hydrogens (primary N) is 1. The van der Waals surface area contributed by atoms with Gasteiger partial charge in [-0.3, -0.25) is 14.9 Å². The first-order valence-electron chi connectivity index (χ1n) is 7.29. The van der Waals surface area contributed by atoms with E-state index in [9.17, 15) is 14.9 Å². The maximum Gasteiger partial charge on any atom is 0.269 e. The number of nitro benzene ring substituents is 1. The molecule has 0 saturated carbocycles. The van der Waals surface area contributed by atoms with Gasteiger partial charge in [0.05, 0.1) is 10.5 Å². The van der Waals surface area contributed by atoms with Crippen LogP contribution in [0.15, 0.2) is 29.3 Å². The lowest BCUT2D eigenvalue weighted by Gasteiger charge is -2.10. The van der Waals surface area contributed by atoms with Crippen molar-refractivity contribution < 1.29 is 9.72 Å². The Morgan fingerprint density at radius 3 is 2.61 bits per heavy atom. The number of nitrogens with zero attached hydrogens (tertiary/aromatic N) is 2. The van der Waals surface area contributed by atoms with Gasteiger partial charge in [-0.2, -0.15) is 0 Å². The van der Waals surface area contributed by atoms with Crippen LogP contribution in [-0.4, -0.2) is 17.0 Å². The number of aryl methyl sites for hydroxylation is 1. The quantitative estimate of drug-likeness (QED) is 0.529. The number of primary amides is 1. The Morgan fingerprint density at radius 1 is 1.26 bits per heavy atom. The minimum absolute atomic E-state index is 0.0339. The van der Waals surface area contributed by atoms with Crippen LogP contribution in [0.3, 0.4) is 0 Å². The molecular formula is C16H15N3O3S. The lowest BCUT2D eigenvalue weighted by Crippen LogP contribution is -2.14. The van der Waals surface area contributed by atoms with Gasteiger partial charge in [0.1, 0.15) is 5.00 Å². The Kier molecular flexibility index (Phi) is 4.20. The van der Waals surface area contributed by atoms with Gasteiger partial charge < -0.3 is 5.73 Å². The number of non-ortho nitro benzene ring substituents is 1. The first kappa shape index (κ1) is 15.4. The zero-order chi connectivity index (χ0) is 16.4. The number of thiophene rings is 1. The number of carbonyl (C=O) groups excluding carboxylic acids is 1. The summed E-state index contributed by atoms with van der Waals surface area (Å²) in [6.45, 7) is 0. The van der Waals surface area contributed by atoms with Crippen LogP contribution in [0.25, 0.3) is 0 Å². The van der Waals surface area contributed by atoms with Crippen LogP contribution in [0.4, 0.5) is 10.7 Å². The summed E-state index contributed by atoms with van der Waals surface area (Å²) in [5.41, 5.74) is 7.87. The predicted octanol–water partition coefficient (Wildman–Crippen LogP) is 3.38. The van der Waals surface area contributed by atoms with Gasteiger partial charge in [-0.25, -0.2) is 4.99 Å². The summed E-state index contributed by atoms with van der Waals surface area (Å²) in [5, 5.41) is 11.3. The van der Waals surface area contributed by atoms with E-state index in [1.54, 1.807) is 18.3 Å². The molecule has 0 atom stereocenters. The number of hydrogen-bond acceptors (Lipinski definition) is 5. The van der Waals surface area contributed by atoms with Gasteiger partial charge in [0.15, 0.2) is 0 Å². The number of carbonyl (C=O) groups is 1. The minimum atomic E-state index is -0.445. The maximum absolute atomic E-state index is 11.8. The molecule has 0 radical (unpaired) electrons. The van der Waals surface area contributed by atoms with E-state index in [1.807, 2.05) is 0 Å². The van der Waals surface area contributed by atoms with Crippen molar-refractivity contribution in [3.63, 3.8) is 0 Å². The maximum atomic E-state index is 11.8. The van der Waals surface area contributed by atoms with Crippen molar-refractivity contribution in [1.82, 2.24) is 0 Å². The molecule has 0 fully saturated rings. The normalized spacial score (nSPS) is 13.9. The van der Waals surface area contributed by atoms with E-state index < -0.39 is 10.8 Å². The van der Waals surface area contributed by atoms with Gasteiger partial charge in [-0.1, -0.05) is 0 Å². The Bertz CT molecular complexity index is 794.